The lowest BCUT2D eigenvalue weighted by Gasteiger charge is -1.96. The highest BCUT2D eigenvalue weighted by Crippen LogP contribution is 2.07. The van der Waals surface area contributed by atoms with Crippen LogP contribution in [0.2, 0.25) is 0 Å². The third-order valence-electron chi connectivity index (χ3n) is 1.39. The molecule has 1 aromatic rings. The molecule has 0 fully saturated rings. The van der Waals surface area contributed by atoms with Crippen molar-refractivity contribution >= 4 is 0 Å². The summed E-state index contributed by atoms with van der Waals surface area (Å²) in [7, 11) is 0. The summed E-state index contributed by atoms with van der Waals surface area (Å²) in [6.45, 7) is 0.656. The first-order chi connectivity index (χ1) is 5.22. The van der Waals surface area contributed by atoms with Crippen molar-refractivity contribution in [3.63, 3.8) is 0 Å². The zero-order chi connectivity index (χ0) is 8.27. The summed E-state index contributed by atoms with van der Waals surface area (Å²) in [6.07, 6.45) is 0.620. The minimum absolute atomic E-state index is 0.520. The van der Waals surface area contributed by atoms with E-state index >= 15 is 0 Å². The molecule has 60 valence electrons. The van der Waals surface area contributed by atoms with Gasteiger partial charge in [0.1, 0.15) is 11.6 Å². The van der Waals surface area contributed by atoms with Gasteiger partial charge in [0.25, 0.3) is 0 Å². The van der Waals surface area contributed by atoms with Gasteiger partial charge in [0.05, 0.1) is 6.54 Å². The first kappa shape index (κ1) is 8.14. The van der Waals surface area contributed by atoms with Crippen molar-refractivity contribution in [2.45, 2.75) is 6.42 Å². The Labute approximate surface area is 63.8 Å². The van der Waals surface area contributed by atoms with Crippen LogP contribution in [0, 0.1) is 11.6 Å². The van der Waals surface area contributed by atoms with Crippen LogP contribution in [0.25, 0.3) is 0 Å². The maximum atomic E-state index is 12.5. The summed E-state index contributed by atoms with van der Waals surface area (Å²) < 4.78 is 25.0. The smallest absolute Gasteiger partial charge is 0.126 e. The Bertz CT molecular complexity index is 228. The van der Waals surface area contributed by atoms with Crippen LogP contribution in [0.5, 0.6) is 0 Å². The fourth-order valence-corrected chi connectivity index (χ4v) is 0.959. The molecule has 11 heavy (non-hydrogen) atoms. The zero-order valence-electron chi connectivity index (χ0n) is 6.11. The SMILES string of the molecule is [NH3+]CCc1cc(F)cc(F)c1. The molecule has 0 aliphatic heterocycles. The summed E-state index contributed by atoms with van der Waals surface area (Å²) in [4.78, 5) is 0. The second kappa shape index (κ2) is 3.44. The van der Waals surface area contributed by atoms with E-state index < -0.39 is 11.6 Å². The number of quaternary nitrogens is 1. The van der Waals surface area contributed by atoms with Gasteiger partial charge in [0, 0.05) is 12.5 Å². The average Bonchev–Trinajstić information content (AvgIpc) is 1.85. The monoisotopic (exact) mass is 158 g/mol. The normalized spacial score (nSPS) is 10.1. The van der Waals surface area contributed by atoms with E-state index in [1.54, 1.807) is 0 Å². The molecule has 0 aliphatic rings. The molecular formula is C8H10F2N+. The van der Waals surface area contributed by atoms with Crippen molar-refractivity contribution in [1.29, 1.82) is 0 Å². The molecule has 3 N–H and O–H groups in total. The fraction of sp³-hybridized carbons (Fsp3) is 0.250. The maximum absolute atomic E-state index is 12.5. The van der Waals surface area contributed by atoms with Crippen LogP contribution >= 0.6 is 0 Å². The van der Waals surface area contributed by atoms with Gasteiger partial charge in [-0.2, -0.15) is 0 Å². The number of rotatable bonds is 2. The van der Waals surface area contributed by atoms with Crippen molar-refractivity contribution in [3.8, 4) is 0 Å². The molecule has 0 aromatic heterocycles. The molecule has 1 aromatic carbocycles. The zero-order valence-corrected chi connectivity index (χ0v) is 6.11. The van der Waals surface area contributed by atoms with Gasteiger partial charge < -0.3 is 5.73 Å². The first-order valence-corrected chi connectivity index (χ1v) is 3.46. The molecule has 0 atom stereocenters. The molecule has 0 saturated heterocycles. The number of benzene rings is 1. The van der Waals surface area contributed by atoms with Crippen LogP contribution in [0.4, 0.5) is 8.78 Å². The second-order valence-electron chi connectivity index (χ2n) is 2.38. The molecule has 0 bridgehead atoms. The van der Waals surface area contributed by atoms with Crippen LogP contribution < -0.4 is 5.73 Å². The van der Waals surface area contributed by atoms with Crippen molar-refractivity contribution in [1.82, 2.24) is 0 Å². The summed E-state index contributed by atoms with van der Waals surface area (Å²) in [5, 5.41) is 0. The molecule has 1 rings (SSSR count). The molecule has 0 spiro atoms. The molecule has 1 nitrogen and oxygen atoms in total. The van der Waals surface area contributed by atoms with Gasteiger partial charge in [-0.1, -0.05) is 0 Å². The highest BCUT2D eigenvalue weighted by Gasteiger charge is 1.99. The first-order valence-electron chi connectivity index (χ1n) is 3.46. The topological polar surface area (TPSA) is 27.6 Å². The third kappa shape index (κ3) is 2.27. The van der Waals surface area contributed by atoms with E-state index in [2.05, 4.69) is 5.73 Å². The lowest BCUT2D eigenvalue weighted by molar-refractivity contribution is -0.366. The number of hydrogen-bond donors (Lipinski definition) is 1. The molecule has 0 radical (unpaired) electrons. The Hall–Kier alpha value is -0.960. The Kier molecular flexibility index (Phi) is 2.54. The number of halogens is 2. The third-order valence-corrected chi connectivity index (χ3v) is 1.39. The van der Waals surface area contributed by atoms with Gasteiger partial charge in [-0.15, -0.1) is 0 Å². The van der Waals surface area contributed by atoms with Crippen molar-refractivity contribution in [3.05, 3.63) is 35.4 Å². The summed E-state index contributed by atoms with van der Waals surface area (Å²) in [6, 6.07) is 3.52. The second-order valence-corrected chi connectivity index (χ2v) is 2.38. The van der Waals surface area contributed by atoms with Gasteiger partial charge >= 0.3 is 0 Å². The van der Waals surface area contributed by atoms with Crippen molar-refractivity contribution in [2.75, 3.05) is 6.54 Å². The van der Waals surface area contributed by atoms with E-state index in [1.807, 2.05) is 0 Å². The van der Waals surface area contributed by atoms with Gasteiger partial charge in [-0.05, 0) is 17.7 Å². The lowest BCUT2D eigenvalue weighted by Crippen LogP contribution is -2.51. The molecule has 0 saturated carbocycles. The molecular weight excluding hydrogens is 148 g/mol. The maximum Gasteiger partial charge on any atom is 0.126 e. The van der Waals surface area contributed by atoms with Crippen LogP contribution in [0.15, 0.2) is 18.2 Å². The quantitative estimate of drug-likeness (QED) is 0.657. The largest absolute Gasteiger partial charge is 0.357 e. The van der Waals surface area contributed by atoms with Crippen molar-refractivity contribution < 1.29 is 14.5 Å². The highest BCUT2D eigenvalue weighted by molar-refractivity contribution is 5.17. The Morgan fingerprint density at radius 3 is 2.09 bits per heavy atom. The average molecular weight is 158 g/mol. The molecule has 0 unspecified atom stereocenters. The predicted octanol–water partition coefficient (Wildman–Crippen LogP) is 0.749. The van der Waals surface area contributed by atoms with Crippen LogP contribution in [0.3, 0.4) is 0 Å². The van der Waals surface area contributed by atoms with E-state index in [0.29, 0.717) is 18.5 Å². The van der Waals surface area contributed by atoms with Gasteiger partial charge in [0.15, 0.2) is 0 Å². The van der Waals surface area contributed by atoms with Gasteiger partial charge in [-0.25, -0.2) is 8.78 Å². The van der Waals surface area contributed by atoms with Gasteiger partial charge in [-0.3, -0.25) is 0 Å². The minimum Gasteiger partial charge on any atom is -0.357 e. The molecule has 0 heterocycles. The Morgan fingerprint density at radius 2 is 1.64 bits per heavy atom. The summed E-state index contributed by atoms with van der Waals surface area (Å²) in [5.41, 5.74) is 4.26. The van der Waals surface area contributed by atoms with Gasteiger partial charge in [0.2, 0.25) is 0 Å². The van der Waals surface area contributed by atoms with E-state index in [9.17, 15) is 8.78 Å². The van der Waals surface area contributed by atoms with E-state index in [0.717, 1.165) is 6.07 Å². The van der Waals surface area contributed by atoms with Crippen LogP contribution in [0.1, 0.15) is 5.56 Å². The summed E-state index contributed by atoms with van der Waals surface area (Å²) in [5.74, 6) is -1.04. The van der Waals surface area contributed by atoms with E-state index in [1.165, 1.54) is 12.1 Å². The lowest BCUT2D eigenvalue weighted by atomic mass is 10.1. The van der Waals surface area contributed by atoms with Crippen molar-refractivity contribution in [2.24, 2.45) is 0 Å². The molecule has 0 aliphatic carbocycles. The van der Waals surface area contributed by atoms with Crippen LogP contribution in [-0.4, -0.2) is 6.54 Å². The molecule has 3 heteroatoms. The number of hydrogen-bond acceptors (Lipinski definition) is 0. The highest BCUT2D eigenvalue weighted by atomic mass is 19.1. The van der Waals surface area contributed by atoms with E-state index in [4.69, 9.17) is 0 Å². The van der Waals surface area contributed by atoms with Crippen LogP contribution in [-0.2, 0) is 6.42 Å². The predicted molar refractivity (Wildman–Crippen MR) is 37.8 cm³/mol. The summed E-state index contributed by atoms with van der Waals surface area (Å²) >= 11 is 0. The standard InChI is InChI=1S/C8H9F2N/c9-7-3-6(1-2-11)4-8(10)5-7/h3-5H,1-2,11H2/p+1. The molecule has 0 amide bonds. The minimum atomic E-state index is -0.520. The Morgan fingerprint density at radius 1 is 1.09 bits per heavy atom. The van der Waals surface area contributed by atoms with E-state index in [-0.39, 0.29) is 0 Å². The Balaban J connectivity index is 2.89. The fourth-order valence-electron chi connectivity index (χ4n) is 0.959.